The first-order chi connectivity index (χ1) is 9.07. The highest BCUT2D eigenvalue weighted by Gasteiger charge is 2.38. The van der Waals surface area contributed by atoms with Crippen molar-refractivity contribution in [3.63, 3.8) is 0 Å². The van der Waals surface area contributed by atoms with E-state index in [1.54, 1.807) is 11.3 Å². The monoisotopic (exact) mass is 314 g/mol. The molecule has 2 saturated heterocycles. The van der Waals surface area contributed by atoms with E-state index in [9.17, 15) is 4.79 Å². The van der Waals surface area contributed by atoms with Gasteiger partial charge in [0.05, 0.1) is 5.41 Å². The van der Waals surface area contributed by atoms with Gasteiger partial charge in [0.25, 0.3) is 0 Å². The summed E-state index contributed by atoms with van der Waals surface area (Å²) >= 11 is 1.68. The molecule has 2 fully saturated rings. The molecule has 1 N–H and O–H groups in total. The number of carbonyl (C=O) groups is 1. The van der Waals surface area contributed by atoms with E-state index in [-0.39, 0.29) is 18.3 Å². The molecule has 2 aliphatic rings. The van der Waals surface area contributed by atoms with E-state index in [0.717, 1.165) is 19.5 Å². The molecule has 20 heavy (non-hydrogen) atoms. The average molecular weight is 315 g/mol. The lowest BCUT2D eigenvalue weighted by Crippen LogP contribution is -2.46. The van der Waals surface area contributed by atoms with Gasteiger partial charge in [-0.05, 0) is 44.6 Å². The van der Waals surface area contributed by atoms with Crippen LogP contribution in [-0.2, 0) is 10.2 Å². The molecule has 3 nitrogen and oxygen atoms in total. The Balaban J connectivity index is 0.00000147. The number of likely N-dealkylation sites (tertiary alicyclic amines) is 1. The fourth-order valence-electron chi connectivity index (χ4n) is 3.26. The molecule has 2 aliphatic heterocycles. The molecular weight excluding hydrogens is 292 g/mol. The average Bonchev–Trinajstić information content (AvgIpc) is 2.98. The quantitative estimate of drug-likeness (QED) is 0.910. The van der Waals surface area contributed by atoms with Gasteiger partial charge in [-0.3, -0.25) is 4.79 Å². The molecule has 0 spiro atoms. The van der Waals surface area contributed by atoms with Crippen molar-refractivity contribution in [3.05, 3.63) is 22.4 Å². The number of thiophene rings is 1. The van der Waals surface area contributed by atoms with Crippen LogP contribution in [0.3, 0.4) is 0 Å². The van der Waals surface area contributed by atoms with Crippen LogP contribution >= 0.6 is 23.7 Å². The fraction of sp³-hybridized carbons (Fsp3) is 0.667. The van der Waals surface area contributed by atoms with Gasteiger partial charge in [-0.1, -0.05) is 6.07 Å². The summed E-state index contributed by atoms with van der Waals surface area (Å²) in [5.74, 6) is 0.282. The van der Waals surface area contributed by atoms with Gasteiger partial charge >= 0.3 is 0 Å². The Labute approximate surface area is 131 Å². The number of fused-ring (bicyclic) bond motifs is 2. The van der Waals surface area contributed by atoms with Gasteiger partial charge in [0.15, 0.2) is 0 Å². The van der Waals surface area contributed by atoms with Crippen LogP contribution in [0.2, 0.25) is 0 Å². The molecule has 2 atom stereocenters. The third-order valence-electron chi connectivity index (χ3n) is 4.48. The minimum absolute atomic E-state index is 0. The summed E-state index contributed by atoms with van der Waals surface area (Å²) in [4.78, 5) is 16.1. The molecule has 2 bridgehead atoms. The van der Waals surface area contributed by atoms with E-state index in [0.29, 0.717) is 12.1 Å². The van der Waals surface area contributed by atoms with E-state index in [2.05, 4.69) is 35.5 Å². The van der Waals surface area contributed by atoms with Gasteiger partial charge in [-0.2, -0.15) is 0 Å². The van der Waals surface area contributed by atoms with E-state index < -0.39 is 5.41 Å². The minimum atomic E-state index is -0.391. The number of halogens is 1. The first kappa shape index (κ1) is 15.8. The summed E-state index contributed by atoms with van der Waals surface area (Å²) in [6.45, 7) is 5.89. The maximum absolute atomic E-state index is 12.9. The summed E-state index contributed by atoms with van der Waals surface area (Å²) in [5.41, 5.74) is -0.391. The first-order valence-electron chi connectivity index (χ1n) is 7.17. The second-order valence-corrected chi connectivity index (χ2v) is 7.23. The molecule has 5 heteroatoms. The number of nitrogens with zero attached hydrogens (tertiary/aromatic N) is 1. The smallest absolute Gasteiger partial charge is 0.233 e. The van der Waals surface area contributed by atoms with Gasteiger partial charge in [-0.25, -0.2) is 0 Å². The Morgan fingerprint density at radius 3 is 2.80 bits per heavy atom. The number of hydrogen-bond donors (Lipinski definition) is 1. The zero-order valence-electron chi connectivity index (χ0n) is 12.1. The first-order valence-corrected chi connectivity index (χ1v) is 8.05. The third kappa shape index (κ3) is 2.87. The second-order valence-electron chi connectivity index (χ2n) is 6.28. The van der Waals surface area contributed by atoms with Crippen LogP contribution in [0.4, 0.5) is 0 Å². The Hall–Kier alpha value is -0.580. The summed E-state index contributed by atoms with van der Waals surface area (Å²) < 4.78 is 0. The van der Waals surface area contributed by atoms with Gasteiger partial charge in [0.2, 0.25) is 5.91 Å². The van der Waals surface area contributed by atoms with Crippen LogP contribution < -0.4 is 5.32 Å². The number of nitrogens with one attached hydrogen (secondary N) is 1. The van der Waals surface area contributed by atoms with Crippen LogP contribution in [0.5, 0.6) is 0 Å². The van der Waals surface area contributed by atoms with Crippen molar-refractivity contribution in [2.45, 2.75) is 50.6 Å². The SMILES string of the molecule is CC(C)(C(=O)N1CCC2CCC(C1)N2)c1cccs1.Cl. The summed E-state index contributed by atoms with van der Waals surface area (Å²) in [6.07, 6.45) is 3.59. The normalized spacial score (nSPS) is 26.0. The van der Waals surface area contributed by atoms with E-state index in [4.69, 9.17) is 0 Å². The van der Waals surface area contributed by atoms with Crippen molar-refractivity contribution in [2.24, 2.45) is 0 Å². The van der Waals surface area contributed by atoms with Gasteiger partial charge in [-0.15, -0.1) is 23.7 Å². The molecule has 0 radical (unpaired) electrons. The summed E-state index contributed by atoms with van der Waals surface area (Å²) in [5, 5.41) is 5.68. The highest BCUT2D eigenvalue weighted by molar-refractivity contribution is 7.10. The van der Waals surface area contributed by atoms with E-state index >= 15 is 0 Å². The standard InChI is InChI=1S/C15H22N2OS.ClH/c1-15(2,13-4-3-9-19-13)14(18)17-8-7-11-5-6-12(10-17)16-11;/h3-4,9,11-12,16H,5-8,10H2,1-2H3;1H. The Morgan fingerprint density at radius 2 is 2.10 bits per heavy atom. The van der Waals surface area contributed by atoms with Crippen LogP contribution in [0.25, 0.3) is 0 Å². The maximum atomic E-state index is 12.9. The molecule has 0 aliphatic carbocycles. The van der Waals surface area contributed by atoms with Crippen molar-refractivity contribution in [1.82, 2.24) is 10.2 Å². The minimum Gasteiger partial charge on any atom is -0.340 e. The molecule has 3 rings (SSSR count). The van der Waals surface area contributed by atoms with Crippen LogP contribution in [0, 0.1) is 0 Å². The Bertz CT molecular complexity index is 460. The molecule has 2 unspecified atom stereocenters. The molecule has 0 saturated carbocycles. The van der Waals surface area contributed by atoms with E-state index in [1.165, 1.54) is 17.7 Å². The zero-order valence-corrected chi connectivity index (χ0v) is 13.7. The molecule has 0 aromatic carbocycles. The zero-order chi connectivity index (χ0) is 13.5. The topological polar surface area (TPSA) is 32.3 Å². The lowest BCUT2D eigenvalue weighted by molar-refractivity contribution is -0.136. The van der Waals surface area contributed by atoms with Crippen molar-refractivity contribution >= 4 is 29.7 Å². The van der Waals surface area contributed by atoms with Crippen molar-refractivity contribution < 1.29 is 4.79 Å². The third-order valence-corrected chi connectivity index (χ3v) is 5.68. The fourth-order valence-corrected chi connectivity index (χ4v) is 4.11. The molecule has 1 aromatic heterocycles. The Morgan fingerprint density at radius 1 is 1.35 bits per heavy atom. The van der Waals surface area contributed by atoms with Gasteiger partial charge < -0.3 is 10.2 Å². The number of amides is 1. The second kappa shape index (κ2) is 6.04. The summed E-state index contributed by atoms with van der Waals surface area (Å²) in [7, 11) is 0. The molecule has 112 valence electrons. The maximum Gasteiger partial charge on any atom is 0.233 e. The molecule has 1 aromatic rings. The Kier molecular flexibility index (Phi) is 4.77. The number of rotatable bonds is 2. The predicted octanol–water partition coefficient (Wildman–Crippen LogP) is 2.80. The highest BCUT2D eigenvalue weighted by Crippen LogP contribution is 2.31. The molecule has 3 heterocycles. The van der Waals surface area contributed by atoms with Crippen molar-refractivity contribution in [2.75, 3.05) is 13.1 Å². The van der Waals surface area contributed by atoms with Crippen LogP contribution in [-0.4, -0.2) is 36.0 Å². The van der Waals surface area contributed by atoms with Crippen LogP contribution in [0.1, 0.15) is 38.0 Å². The van der Waals surface area contributed by atoms with Crippen LogP contribution in [0.15, 0.2) is 17.5 Å². The largest absolute Gasteiger partial charge is 0.340 e. The molecule has 1 amide bonds. The highest BCUT2D eigenvalue weighted by atomic mass is 35.5. The number of carbonyl (C=O) groups excluding carboxylic acids is 1. The predicted molar refractivity (Wildman–Crippen MR) is 85.7 cm³/mol. The lowest BCUT2D eigenvalue weighted by Gasteiger charge is -2.32. The van der Waals surface area contributed by atoms with E-state index in [1.807, 2.05) is 6.07 Å². The summed E-state index contributed by atoms with van der Waals surface area (Å²) in [6, 6.07) is 5.24. The van der Waals surface area contributed by atoms with Crippen molar-refractivity contribution in [1.29, 1.82) is 0 Å². The number of hydrogen-bond acceptors (Lipinski definition) is 3. The van der Waals surface area contributed by atoms with Gasteiger partial charge in [0, 0.05) is 30.1 Å². The lowest BCUT2D eigenvalue weighted by atomic mass is 9.89. The molecular formula is C15H23ClN2OS. The van der Waals surface area contributed by atoms with Crippen molar-refractivity contribution in [3.8, 4) is 0 Å². The van der Waals surface area contributed by atoms with Gasteiger partial charge in [0.1, 0.15) is 0 Å².